The van der Waals surface area contributed by atoms with Crippen molar-refractivity contribution in [3.8, 4) is 0 Å². The monoisotopic (exact) mass is 419 g/mol. The molecule has 1 aromatic carbocycles. The number of fused-ring (bicyclic) bond motifs is 2. The third-order valence-electron chi connectivity index (χ3n) is 6.85. The number of carbonyl (C=O) groups excluding carboxylic acids is 1. The molecule has 0 radical (unpaired) electrons. The quantitative estimate of drug-likeness (QED) is 0.683. The van der Waals surface area contributed by atoms with Gasteiger partial charge in [-0.05, 0) is 18.6 Å². The number of amides is 1. The number of likely N-dealkylation sites (tertiary alicyclic amines) is 1. The van der Waals surface area contributed by atoms with E-state index in [0.717, 1.165) is 17.4 Å². The third-order valence-corrected chi connectivity index (χ3v) is 6.85. The van der Waals surface area contributed by atoms with Crippen LogP contribution in [0.3, 0.4) is 0 Å². The van der Waals surface area contributed by atoms with Gasteiger partial charge in [0.1, 0.15) is 0 Å². The van der Waals surface area contributed by atoms with Gasteiger partial charge in [-0.25, -0.2) is 9.97 Å². The lowest BCUT2D eigenvalue weighted by atomic mass is 9.77. The summed E-state index contributed by atoms with van der Waals surface area (Å²) >= 11 is 0. The number of aryl methyl sites for hydroxylation is 1. The summed E-state index contributed by atoms with van der Waals surface area (Å²) in [4.78, 5) is 37.6. The van der Waals surface area contributed by atoms with Gasteiger partial charge in [-0.15, -0.1) is 0 Å². The molecule has 2 atom stereocenters. The second-order valence-electron chi connectivity index (χ2n) is 8.74. The Morgan fingerprint density at radius 3 is 2.68 bits per heavy atom. The van der Waals surface area contributed by atoms with Crippen LogP contribution in [-0.4, -0.2) is 62.6 Å². The molecule has 0 unspecified atom stereocenters. The van der Waals surface area contributed by atoms with Crippen molar-refractivity contribution in [1.82, 2.24) is 19.4 Å². The molecule has 31 heavy (non-hydrogen) atoms. The molecular formula is C23H25N5O3. The topological polar surface area (TPSA) is 91.6 Å². The summed E-state index contributed by atoms with van der Waals surface area (Å²) in [6, 6.07) is 9.69. The van der Waals surface area contributed by atoms with E-state index in [4.69, 9.17) is 0 Å². The molecule has 8 nitrogen and oxygen atoms in total. The molecule has 2 aliphatic heterocycles. The lowest BCUT2D eigenvalue weighted by Gasteiger charge is -2.29. The van der Waals surface area contributed by atoms with Crippen LogP contribution in [0.15, 0.2) is 48.9 Å². The number of nitrogens with zero attached hydrogens (tertiary/aromatic N) is 5. The Bertz CT molecular complexity index is 1140. The van der Waals surface area contributed by atoms with Crippen molar-refractivity contribution < 1.29 is 14.7 Å². The number of para-hydroxylation sites is 1. The number of anilines is 1. The first-order valence-electron chi connectivity index (χ1n) is 10.5. The number of rotatable bonds is 5. The number of aromatic nitrogens is 3. The van der Waals surface area contributed by atoms with E-state index in [1.165, 1.54) is 0 Å². The van der Waals surface area contributed by atoms with E-state index in [1.54, 1.807) is 18.5 Å². The number of carbonyl (C=O) groups is 2. The minimum absolute atomic E-state index is 0.0170. The second kappa shape index (κ2) is 7.37. The van der Waals surface area contributed by atoms with Crippen LogP contribution in [0, 0.1) is 11.3 Å². The van der Waals surface area contributed by atoms with Gasteiger partial charge < -0.3 is 19.5 Å². The summed E-state index contributed by atoms with van der Waals surface area (Å²) < 4.78 is 1.98. The van der Waals surface area contributed by atoms with E-state index >= 15 is 0 Å². The number of aliphatic carboxylic acids is 1. The number of benzene rings is 1. The van der Waals surface area contributed by atoms with E-state index < -0.39 is 5.97 Å². The Morgan fingerprint density at radius 2 is 1.90 bits per heavy atom. The number of carboxylic acids is 1. The SMILES string of the molecule is Cn1cc(C(=O)N2C[C@@H]3CN(c4ncccn4)C[C@]3(CCC(=O)O)C2)c2ccccc21. The van der Waals surface area contributed by atoms with Crippen LogP contribution in [0.5, 0.6) is 0 Å². The first-order valence-corrected chi connectivity index (χ1v) is 10.5. The molecule has 0 aliphatic carbocycles. The highest BCUT2D eigenvalue weighted by Crippen LogP contribution is 2.47. The van der Waals surface area contributed by atoms with E-state index in [0.29, 0.717) is 37.6 Å². The van der Waals surface area contributed by atoms with Gasteiger partial charge >= 0.3 is 5.97 Å². The molecule has 3 aromatic rings. The first-order chi connectivity index (χ1) is 15.0. The highest BCUT2D eigenvalue weighted by molar-refractivity contribution is 6.07. The predicted octanol–water partition coefficient (Wildman–Crippen LogP) is 2.41. The average Bonchev–Trinajstić information content (AvgIpc) is 3.41. The summed E-state index contributed by atoms with van der Waals surface area (Å²) in [5, 5.41) is 10.3. The fraction of sp³-hybridized carbons (Fsp3) is 0.391. The molecule has 4 heterocycles. The molecule has 0 saturated carbocycles. The highest BCUT2D eigenvalue weighted by atomic mass is 16.4. The van der Waals surface area contributed by atoms with Crippen LogP contribution < -0.4 is 4.90 Å². The van der Waals surface area contributed by atoms with Gasteiger partial charge in [-0.1, -0.05) is 18.2 Å². The van der Waals surface area contributed by atoms with Gasteiger partial charge in [-0.2, -0.15) is 0 Å². The largest absolute Gasteiger partial charge is 0.481 e. The molecule has 2 fully saturated rings. The molecule has 2 aliphatic rings. The minimum Gasteiger partial charge on any atom is -0.481 e. The van der Waals surface area contributed by atoms with Gasteiger partial charge in [0.2, 0.25) is 5.95 Å². The Kier molecular flexibility index (Phi) is 4.64. The van der Waals surface area contributed by atoms with Crippen molar-refractivity contribution in [2.24, 2.45) is 18.4 Å². The van der Waals surface area contributed by atoms with Gasteiger partial charge in [0.15, 0.2) is 0 Å². The number of carboxylic acid groups (broad SMARTS) is 1. The van der Waals surface area contributed by atoms with Gasteiger partial charge in [0, 0.05) is 80.5 Å². The Labute approximate surface area is 180 Å². The van der Waals surface area contributed by atoms with Crippen LogP contribution in [0.25, 0.3) is 10.9 Å². The molecule has 2 saturated heterocycles. The van der Waals surface area contributed by atoms with E-state index in [-0.39, 0.29) is 23.7 Å². The molecular weight excluding hydrogens is 394 g/mol. The fourth-order valence-corrected chi connectivity index (χ4v) is 5.34. The molecule has 0 bridgehead atoms. The van der Waals surface area contributed by atoms with Gasteiger partial charge in [0.25, 0.3) is 5.91 Å². The van der Waals surface area contributed by atoms with Crippen LogP contribution in [-0.2, 0) is 11.8 Å². The average molecular weight is 419 g/mol. The van der Waals surface area contributed by atoms with Crippen LogP contribution in [0.2, 0.25) is 0 Å². The third kappa shape index (κ3) is 3.32. The van der Waals surface area contributed by atoms with E-state index in [1.807, 2.05) is 47.0 Å². The smallest absolute Gasteiger partial charge is 0.303 e. The lowest BCUT2D eigenvalue weighted by molar-refractivity contribution is -0.137. The second-order valence-corrected chi connectivity index (χ2v) is 8.74. The molecule has 8 heteroatoms. The molecule has 5 rings (SSSR count). The maximum Gasteiger partial charge on any atom is 0.303 e. The highest BCUT2D eigenvalue weighted by Gasteiger charge is 2.54. The summed E-state index contributed by atoms with van der Waals surface area (Å²) in [5.41, 5.74) is 1.46. The van der Waals surface area contributed by atoms with Crippen molar-refractivity contribution >= 4 is 28.7 Å². The lowest BCUT2D eigenvalue weighted by Crippen LogP contribution is -2.37. The van der Waals surface area contributed by atoms with Crippen molar-refractivity contribution in [1.29, 1.82) is 0 Å². The zero-order chi connectivity index (χ0) is 21.6. The normalized spacial score (nSPS) is 22.8. The fourth-order valence-electron chi connectivity index (χ4n) is 5.34. The molecule has 2 aromatic heterocycles. The maximum atomic E-state index is 13.5. The summed E-state index contributed by atoms with van der Waals surface area (Å²) in [6.45, 7) is 2.55. The van der Waals surface area contributed by atoms with Crippen molar-refractivity contribution in [2.45, 2.75) is 12.8 Å². The van der Waals surface area contributed by atoms with Gasteiger partial charge in [0.05, 0.1) is 5.56 Å². The van der Waals surface area contributed by atoms with Crippen molar-refractivity contribution in [3.63, 3.8) is 0 Å². The minimum atomic E-state index is -0.804. The van der Waals surface area contributed by atoms with Crippen molar-refractivity contribution in [3.05, 3.63) is 54.5 Å². The summed E-state index contributed by atoms with van der Waals surface area (Å²) in [7, 11) is 1.95. The number of hydrogen-bond donors (Lipinski definition) is 1. The van der Waals surface area contributed by atoms with Crippen LogP contribution in [0.4, 0.5) is 5.95 Å². The van der Waals surface area contributed by atoms with Gasteiger partial charge in [-0.3, -0.25) is 9.59 Å². The Balaban J connectivity index is 1.42. The Hall–Kier alpha value is -3.42. The summed E-state index contributed by atoms with van der Waals surface area (Å²) in [5.74, 6) is 0.0675. The standard InChI is InChI=1S/C23H25N5O3/c1-26-13-18(17-5-2-3-6-19(17)26)21(31)27-11-16-12-28(22-24-9-4-10-25-22)15-23(16,14-27)8-7-20(29)30/h2-6,9-10,13,16H,7-8,11-12,14-15H2,1H3,(H,29,30)/t16-,23+/m1/s1. The molecule has 0 spiro atoms. The zero-order valence-corrected chi connectivity index (χ0v) is 17.4. The molecule has 1 amide bonds. The Morgan fingerprint density at radius 1 is 1.13 bits per heavy atom. The molecule has 1 N–H and O–H groups in total. The van der Waals surface area contributed by atoms with Crippen LogP contribution in [0.1, 0.15) is 23.2 Å². The molecule has 160 valence electrons. The van der Waals surface area contributed by atoms with E-state index in [9.17, 15) is 14.7 Å². The maximum absolute atomic E-state index is 13.5. The number of hydrogen-bond acceptors (Lipinski definition) is 5. The van der Waals surface area contributed by atoms with Crippen LogP contribution >= 0.6 is 0 Å². The first kappa shape index (κ1) is 19.5. The van der Waals surface area contributed by atoms with E-state index in [2.05, 4.69) is 14.9 Å². The summed E-state index contributed by atoms with van der Waals surface area (Å²) in [6.07, 6.45) is 5.97. The van der Waals surface area contributed by atoms with Crippen molar-refractivity contribution in [2.75, 3.05) is 31.1 Å². The zero-order valence-electron chi connectivity index (χ0n) is 17.4. The predicted molar refractivity (Wildman–Crippen MR) is 116 cm³/mol.